The Kier molecular flexibility index (Phi) is 5.03. The van der Waals surface area contributed by atoms with Crippen LogP contribution in [0.15, 0.2) is 30.5 Å². The number of anilines is 1. The van der Waals surface area contributed by atoms with Gasteiger partial charge in [-0.25, -0.2) is 0 Å². The summed E-state index contributed by atoms with van der Waals surface area (Å²) in [6.07, 6.45) is -3.49. The van der Waals surface area contributed by atoms with Gasteiger partial charge in [-0.3, -0.25) is 4.57 Å². The molecular weight excluding hydrogens is 391 g/mol. The lowest BCUT2D eigenvalue weighted by Gasteiger charge is -2.24. The molecule has 0 spiro atoms. The normalized spacial score (nSPS) is 16.0. The van der Waals surface area contributed by atoms with E-state index in [1.54, 1.807) is 0 Å². The number of imidazole rings is 1. The molecule has 9 nitrogen and oxygen atoms in total. The number of fused-ring (bicyclic) bond motifs is 1. The van der Waals surface area contributed by atoms with Gasteiger partial charge in [0.1, 0.15) is 18.6 Å². The van der Waals surface area contributed by atoms with Gasteiger partial charge in [0.2, 0.25) is 0 Å². The molecule has 3 rings (SSSR count). The number of thiocarbonyl (C=S) groups is 1. The number of halogens is 3. The number of benzene rings is 1. The Hall–Kier alpha value is -3.09. The van der Waals surface area contributed by atoms with Crippen molar-refractivity contribution < 1.29 is 27.6 Å². The molecule has 0 radical (unpaired) electrons. The van der Waals surface area contributed by atoms with Gasteiger partial charge in [0.05, 0.1) is 12.6 Å². The molecule has 1 atom stereocenters. The van der Waals surface area contributed by atoms with Crippen molar-refractivity contribution in [2.75, 3.05) is 11.9 Å². The van der Waals surface area contributed by atoms with Crippen molar-refractivity contribution in [3.05, 3.63) is 40.6 Å². The Labute approximate surface area is 155 Å². The van der Waals surface area contributed by atoms with Crippen LogP contribution in [-0.4, -0.2) is 38.6 Å². The third-order valence-corrected chi connectivity index (χ3v) is 3.65. The summed E-state index contributed by atoms with van der Waals surface area (Å²) >= 11 is 5.16. The van der Waals surface area contributed by atoms with Crippen LogP contribution in [0.1, 0.15) is 0 Å². The molecule has 2 heterocycles. The summed E-state index contributed by atoms with van der Waals surface area (Å²) < 4.78 is 47.1. The Bertz CT molecular complexity index is 855. The van der Waals surface area contributed by atoms with Crippen LogP contribution in [0.4, 0.5) is 24.7 Å². The van der Waals surface area contributed by atoms with Crippen LogP contribution in [0.3, 0.4) is 0 Å². The largest absolute Gasteiger partial charge is 0.573 e. The Morgan fingerprint density at radius 1 is 1.41 bits per heavy atom. The summed E-state index contributed by atoms with van der Waals surface area (Å²) in [4.78, 5) is 13.9. The maximum absolute atomic E-state index is 12.1. The number of hydrogen-bond donors (Lipinski definition) is 2. The first-order valence-electron chi connectivity index (χ1n) is 7.47. The van der Waals surface area contributed by atoms with Crippen LogP contribution >= 0.6 is 12.2 Å². The minimum Gasteiger partial charge on any atom is -0.444 e. The first-order valence-corrected chi connectivity index (χ1v) is 7.88. The molecular formula is C14H12F3N5O4S. The predicted molar refractivity (Wildman–Crippen MR) is 90.6 cm³/mol. The van der Waals surface area contributed by atoms with E-state index >= 15 is 0 Å². The number of hydrogen-bond acceptors (Lipinski definition) is 6. The molecule has 1 aliphatic heterocycles. The predicted octanol–water partition coefficient (Wildman–Crippen LogP) is 2.44. The monoisotopic (exact) mass is 403 g/mol. The zero-order valence-electron chi connectivity index (χ0n) is 13.4. The minimum atomic E-state index is -4.76. The molecule has 1 aliphatic rings. The highest BCUT2D eigenvalue weighted by molar-refractivity contribution is 7.80. The lowest BCUT2D eigenvalue weighted by molar-refractivity contribution is -0.389. The molecule has 13 heteroatoms. The van der Waals surface area contributed by atoms with Gasteiger partial charge in [0.15, 0.2) is 5.11 Å². The lowest BCUT2D eigenvalue weighted by Crippen LogP contribution is -2.46. The van der Waals surface area contributed by atoms with Crippen molar-refractivity contribution in [2.24, 2.45) is 0 Å². The molecule has 144 valence electrons. The van der Waals surface area contributed by atoms with Crippen LogP contribution in [0, 0.1) is 10.1 Å². The van der Waals surface area contributed by atoms with Crippen LogP contribution in [0.25, 0.3) is 0 Å². The van der Waals surface area contributed by atoms with E-state index in [-0.39, 0.29) is 35.3 Å². The van der Waals surface area contributed by atoms with Crippen molar-refractivity contribution in [3.63, 3.8) is 0 Å². The Morgan fingerprint density at radius 3 is 2.74 bits per heavy atom. The molecule has 0 unspecified atom stereocenters. The summed E-state index contributed by atoms with van der Waals surface area (Å²) in [6.45, 7) is 0.532. The first kappa shape index (κ1) is 18.7. The molecule has 0 bridgehead atoms. The van der Waals surface area contributed by atoms with E-state index in [1.165, 1.54) is 22.9 Å². The average Bonchev–Trinajstić information content (AvgIpc) is 2.99. The number of nitrogens with zero attached hydrogens (tertiary/aromatic N) is 3. The van der Waals surface area contributed by atoms with Crippen molar-refractivity contribution in [1.29, 1.82) is 0 Å². The highest BCUT2D eigenvalue weighted by Gasteiger charge is 2.31. The number of nitro groups is 1. The van der Waals surface area contributed by atoms with Crippen molar-refractivity contribution in [3.8, 4) is 11.8 Å². The van der Waals surface area contributed by atoms with E-state index in [9.17, 15) is 23.3 Å². The lowest BCUT2D eigenvalue weighted by atomic mass is 10.3. The standard InChI is InChI=1S/C14H12F3N5O4S/c15-14(16,17)26-10-3-1-8(2-4-10)18-12(27)19-9-5-21-6-11(22(23)24)20-13(21)25-7-9/h1-4,6,9H,5,7H2,(H2,18,19,27)/t9-/m0/s1. The maximum Gasteiger partial charge on any atom is 0.573 e. The summed E-state index contributed by atoms with van der Waals surface area (Å²) in [5.41, 5.74) is 0.456. The fourth-order valence-corrected chi connectivity index (χ4v) is 2.65. The highest BCUT2D eigenvalue weighted by atomic mass is 32.1. The third kappa shape index (κ3) is 4.97. The van der Waals surface area contributed by atoms with Crippen molar-refractivity contribution >= 4 is 28.8 Å². The quantitative estimate of drug-likeness (QED) is 0.456. The second kappa shape index (κ2) is 7.26. The van der Waals surface area contributed by atoms with Crippen LogP contribution in [-0.2, 0) is 6.54 Å². The number of alkyl halides is 3. The summed E-state index contributed by atoms with van der Waals surface area (Å²) in [6, 6.07) is 4.93. The molecule has 0 saturated carbocycles. The van der Waals surface area contributed by atoms with Gasteiger partial charge < -0.3 is 30.2 Å². The fourth-order valence-electron chi connectivity index (χ4n) is 2.36. The van der Waals surface area contributed by atoms with Gasteiger partial charge in [-0.1, -0.05) is 0 Å². The van der Waals surface area contributed by atoms with Gasteiger partial charge in [0.25, 0.3) is 0 Å². The molecule has 1 aromatic carbocycles. The van der Waals surface area contributed by atoms with Gasteiger partial charge in [-0.2, -0.15) is 0 Å². The smallest absolute Gasteiger partial charge is 0.444 e. The second-order valence-electron chi connectivity index (χ2n) is 5.47. The van der Waals surface area contributed by atoms with E-state index in [0.717, 1.165) is 12.1 Å². The van der Waals surface area contributed by atoms with Crippen LogP contribution in [0.5, 0.6) is 11.8 Å². The van der Waals surface area contributed by atoms with E-state index in [0.29, 0.717) is 12.2 Å². The molecule has 2 aromatic rings. The highest BCUT2D eigenvalue weighted by Crippen LogP contribution is 2.24. The third-order valence-electron chi connectivity index (χ3n) is 3.43. The first-order chi connectivity index (χ1) is 12.7. The second-order valence-corrected chi connectivity index (χ2v) is 5.88. The minimum absolute atomic E-state index is 0.152. The van der Waals surface area contributed by atoms with Crippen LogP contribution in [0.2, 0.25) is 0 Å². The number of ether oxygens (including phenoxy) is 2. The summed E-state index contributed by atoms with van der Waals surface area (Å²) in [5.74, 6) is -0.658. The van der Waals surface area contributed by atoms with Crippen LogP contribution < -0.4 is 20.1 Å². The van der Waals surface area contributed by atoms with E-state index < -0.39 is 11.3 Å². The summed E-state index contributed by atoms with van der Waals surface area (Å²) in [7, 11) is 0. The molecule has 0 aliphatic carbocycles. The Balaban J connectivity index is 1.54. The zero-order chi connectivity index (χ0) is 19.6. The topological polar surface area (TPSA) is 103 Å². The average molecular weight is 403 g/mol. The van der Waals surface area contributed by atoms with Crippen molar-refractivity contribution in [1.82, 2.24) is 14.9 Å². The molecule has 27 heavy (non-hydrogen) atoms. The van der Waals surface area contributed by atoms with Gasteiger partial charge in [-0.05, 0) is 41.4 Å². The van der Waals surface area contributed by atoms with E-state index in [4.69, 9.17) is 17.0 Å². The zero-order valence-corrected chi connectivity index (χ0v) is 14.2. The maximum atomic E-state index is 12.1. The molecule has 0 saturated heterocycles. The molecule has 0 amide bonds. The number of nitrogens with one attached hydrogen (secondary N) is 2. The van der Waals surface area contributed by atoms with E-state index in [1.807, 2.05) is 0 Å². The van der Waals surface area contributed by atoms with Gasteiger partial charge in [-0.15, -0.1) is 13.2 Å². The van der Waals surface area contributed by atoms with Crippen molar-refractivity contribution in [2.45, 2.75) is 18.9 Å². The number of aromatic nitrogens is 2. The number of rotatable bonds is 4. The molecule has 0 fully saturated rings. The van der Waals surface area contributed by atoms with E-state index in [2.05, 4.69) is 20.4 Å². The summed E-state index contributed by atoms with van der Waals surface area (Å²) in [5, 5.41) is 16.7. The van der Waals surface area contributed by atoms with Gasteiger partial charge >= 0.3 is 18.2 Å². The fraction of sp³-hybridized carbons (Fsp3) is 0.286. The SMILES string of the molecule is O=[N+]([O-])c1cn2c(n1)OC[C@@H](NC(=S)Nc1ccc(OC(F)(F)F)cc1)C2. The molecule has 2 N–H and O–H groups in total. The molecule has 1 aromatic heterocycles. The van der Waals surface area contributed by atoms with Gasteiger partial charge in [0, 0.05) is 10.7 Å². The Morgan fingerprint density at radius 2 is 2.11 bits per heavy atom.